The average Bonchev–Trinajstić information content (AvgIpc) is 3.35. The molecule has 1 saturated heterocycles. The largest absolute Gasteiger partial charge is 0.389 e. The molecule has 0 radical (unpaired) electrons. The highest BCUT2D eigenvalue weighted by atomic mass is 32.2. The molecular formula is C21H24N4O5S2. The van der Waals surface area contributed by atoms with E-state index >= 15 is 0 Å². The van der Waals surface area contributed by atoms with Crippen LogP contribution in [0.25, 0.3) is 0 Å². The number of amides is 2. The summed E-state index contributed by atoms with van der Waals surface area (Å²) in [5.41, 5.74) is 0.629. The second-order valence-corrected chi connectivity index (χ2v) is 10.3. The van der Waals surface area contributed by atoms with Crippen LogP contribution in [0, 0.1) is 0 Å². The molecule has 2 atom stereocenters. The maximum absolute atomic E-state index is 13.0. The van der Waals surface area contributed by atoms with Crippen molar-refractivity contribution in [1.29, 1.82) is 0 Å². The third kappa shape index (κ3) is 5.78. The molecule has 170 valence electrons. The van der Waals surface area contributed by atoms with Crippen LogP contribution in [0.5, 0.6) is 0 Å². The number of ether oxygens (including phenoxy) is 1. The Labute approximate surface area is 192 Å². The maximum Gasteiger partial charge on any atom is 0.280 e. The predicted molar refractivity (Wildman–Crippen MR) is 121 cm³/mol. The lowest BCUT2D eigenvalue weighted by atomic mass is 10.1. The molecule has 1 aromatic carbocycles. The van der Waals surface area contributed by atoms with Crippen molar-refractivity contribution in [2.75, 3.05) is 25.6 Å². The monoisotopic (exact) mass is 476 g/mol. The van der Waals surface area contributed by atoms with Crippen LogP contribution >= 0.6 is 11.3 Å². The van der Waals surface area contributed by atoms with Crippen LogP contribution in [0.3, 0.4) is 0 Å². The fourth-order valence-electron chi connectivity index (χ4n) is 3.02. The first-order chi connectivity index (χ1) is 15.5. The van der Waals surface area contributed by atoms with E-state index in [0.29, 0.717) is 30.3 Å². The number of hydrogen-bond acceptors (Lipinski definition) is 8. The van der Waals surface area contributed by atoms with Crippen molar-refractivity contribution in [2.24, 2.45) is 5.16 Å². The molecule has 2 aromatic rings. The van der Waals surface area contributed by atoms with Gasteiger partial charge in [-0.25, -0.2) is 4.98 Å². The van der Waals surface area contributed by atoms with E-state index < -0.39 is 16.7 Å². The number of thiazole rings is 1. The van der Waals surface area contributed by atoms with Gasteiger partial charge >= 0.3 is 0 Å². The Hall–Kier alpha value is -2.63. The number of carbonyl (C=O) groups is 2. The minimum Gasteiger partial charge on any atom is -0.389 e. The number of oxime groups is 1. The SMILES string of the molecule is CNC(=O)Cc1cnc(NC(=O)/C(=N/O[C@@H]2CCOC2)c2ccc(S(=O)C3CC3)cc2)s1. The van der Waals surface area contributed by atoms with E-state index in [0.717, 1.165) is 22.6 Å². The Morgan fingerprint density at radius 2 is 2.06 bits per heavy atom. The van der Waals surface area contributed by atoms with Gasteiger partial charge in [0, 0.05) is 40.3 Å². The highest BCUT2D eigenvalue weighted by Crippen LogP contribution is 2.30. The Morgan fingerprint density at radius 1 is 1.28 bits per heavy atom. The van der Waals surface area contributed by atoms with Gasteiger partial charge in [0.25, 0.3) is 5.91 Å². The molecular weight excluding hydrogens is 452 g/mol. The lowest BCUT2D eigenvalue weighted by molar-refractivity contribution is -0.119. The van der Waals surface area contributed by atoms with Crippen LogP contribution in [0.4, 0.5) is 5.13 Å². The summed E-state index contributed by atoms with van der Waals surface area (Å²) in [6, 6.07) is 6.97. The molecule has 2 N–H and O–H groups in total. The minimum atomic E-state index is -1.03. The lowest BCUT2D eigenvalue weighted by Gasteiger charge is -2.10. The Morgan fingerprint density at radius 3 is 2.72 bits per heavy atom. The van der Waals surface area contributed by atoms with E-state index in [1.807, 2.05) is 0 Å². The van der Waals surface area contributed by atoms with Crippen LogP contribution in [-0.4, -0.2) is 58.3 Å². The molecule has 1 saturated carbocycles. The van der Waals surface area contributed by atoms with Crippen molar-refractivity contribution in [3.8, 4) is 0 Å². The summed E-state index contributed by atoms with van der Waals surface area (Å²) in [7, 11) is 0.539. The van der Waals surface area contributed by atoms with E-state index in [1.165, 1.54) is 11.3 Å². The van der Waals surface area contributed by atoms with E-state index in [-0.39, 0.29) is 29.4 Å². The van der Waals surface area contributed by atoms with Gasteiger partial charge in [0.1, 0.15) is 0 Å². The van der Waals surface area contributed by atoms with E-state index in [1.54, 1.807) is 37.5 Å². The molecule has 2 amide bonds. The molecule has 11 heteroatoms. The molecule has 1 aliphatic carbocycles. The first-order valence-corrected chi connectivity index (χ1v) is 12.4. The molecule has 0 spiro atoms. The van der Waals surface area contributed by atoms with Crippen molar-refractivity contribution in [2.45, 2.75) is 41.9 Å². The van der Waals surface area contributed by atoms with Crippen molar-refractivity contribution in [3.63, 3.8) is 0 Å². The number of nitrogens with zero attached hydrogens (tertiary/aromatic N) is 2. The van der Waals surface area contributed by atoms with Gasteiger partial charge in [-0.2, -0.15) is 0 Å². The van der Waals surface area contributed by atoms with E-state index in [9.17, 15) is 13.8 Å². The minimum absolute atomic E-state index is 0.0868. The molecule has 2 fully saturated rings. The third-order valence-corrected chi connectivity index (χ3v) is 7.70. The number of rotatable bonds is 9. The van der Waals surface area contributed by atoms with Crippen LogP contribution in [-0.2, 0) is 36.4 Å². The quantitative estimate of drug-likeness (QED) is 0.421. The zero-order valence-electron chi connectivity index (χ0n) is 17.5. The van der Waals surface area contributed by atoms with Gasteiger partial charge < -0.3 is 14.9 Å². The fourth-order valence-corrected chi connectivity index (χ4v) is 5.18. The summed E-state index contributed by atoms with van der Waals surface area (Å²) < 4.78 is 17.7. The summed E-state index contributed by atoms with van der Waals surface area (Å²) in [5, 5.41) is 10.00. The summed E-state index contributed by atoms with van der Waals surface area (Å²) in [6.07, 6.45) is 4.20. The highest BCUT2D eigenvalue weighted by molar-refractivity contribution is 7.86. The van der Waals surface area contributed by atoms with Crippen LogP contribution in [0.2, 0.25) is 0 Å². The zero-order chi connectivity index (χ0) is 22.5. The third-order valence-electron chi connectivity index (χ3n) is 4.97. The molecule has 1 aromatic heterocycles. The van der Waals surface area contributed by atoms with Crippen molar-refractivity contribution < 1.29 is 23.4 Å². The van der Waals surface area contributed by atoms with E-state index in [2.05, 4.69) is 20.8 Å². The molecule has 0 bridgehead atoms. The summed E-state index contributed by atoms with van der Waals surface area (Å²) in [4.78, 5) is 35.8. The Balaban J connectivity index is 1.50. The standard InChI is InChI=1S/C21H24N4O5S2/c1-22-18(26)10-15-11-23-21(31-15)24-20(27)19(25-30-14-8-9-29-12-14)13-2-4-16(5-3-13)32(28)17-6-7-17/h2-5,11,14,17H,6-10,12H2,1H3,(H,22,26)(H,23,24,27)/b25-19+/t14-,32?/m1/s1. The van der Waals surface area contributed by atoms with Crippen LogP contribution in [0.1, 0.15) is 29.7 Å². The number of aromatic nitrogens is 1. The fraction of sp³-hybridized carbons (Fsp3) is 0.429. The van der Waals surface area contributed by atoms with Gasteiger partial charge in [0.15, 0.2) is 16.9 Å². The van der Waals surface area contributed by atoms with Crippen LogP contribution < -0.4 is 10.6 Å². The van der Waals surface area contributed by atoms with Gasteiger partial charge in [-0.15, -0.1) is 11.3 Å². The lowest BCUT2D eigenvalue weighted by Crippen LogP contribution is -2.25. The molecule has 1 unspecified atom stereocenters. The number of carbonyl (C=O) groups excluding carboxylic acids is 2. The first kappa shape index (κ1) is 22.6. The molecule has 1 aliphatic heterocycles. The summed E-state index contributed by atoms with van der Waals surface area (Å²) >= 11 is 1.22. The molecule has 9 nitrogen and oxygen atoms in total. The van der Waals surface area contributed by atoms with Crippen molar-refractivity contribution >= 4 is 44.8 Å². The zero-order valence-corrected chi connectivity index (χ0v) is 19.2. The number of likely N-dealkylation sites (N-methyl/N-ethyl adjacent to an activating group) is 1. The molecule has 2 heterocycles. The summed E-state index contributed by atoms with van der Waals surface area (Å²) in [6.45, 7) is 1.02. The molecule has 32 heavy (non-hydrogen) atoms. The normalized spacial score (nSPS) is 19.4. The maximum atomic E-state index is 13.0. The topological polar surface area (TPSA) is 119 Å². The second-order valence-electron chi connectivity index (χ2n) is 7.49. The first-order valence-electron chi connectivity index (χ1n) is 10.3. The van der Waals surface area contributed by atoms with E-state index in [4.69, 9.17) is 9.57 Å². The second kappa shape index (κ2) is 10.3. The highest BCUT2D eigenvalue weighted by Gasteiger charge is 2.29. The Kier molecular flexibility index (Phi) is 7.28. The van der Waals surface area contributed by atoms with Gasteiger partial charge in [-0.3, -0.25) is 19.1 Å². The smallest absolute Gasteiger partial charge is 0.280 e. The van der Waals surface area contributed by atoms with Crippen LogP contribution in [0.15, 0.2) is 40.5 Å². The average molecular weight is 477 g/mol. The predicted octanol–water partition coefficient (Wildman–Crippen LogP) is 1.85. The number of benzene rings is 1. The molecule has 2 aliphatic rings. The van der Waals surface area contributed by atoms with Gasteiger partial charge in [-0.1, -0.05) is 17.3 Å². The number of hydrogen-bond donors (Lipinski definition) is 2. The number of nitrogens with one attached hydrogen (secondary N) is 2. The van der Waals surface area contributed by atoms with Gasteiger partial charge in [0.2, 0.25) is 5.91 Å². The van der Waals surface area contributed by atoms with Gasteiger partial charge in [0.05, 0.1) is 30.4 Å². The molecule has 4 rings (SSSR count). The summed E-state index contributed by atoms with van der Waals surface area (Å²) in [5.74, 6) is -0.620. The van der Waals surface area contributed by atoms with Crippen molar-refractivity contribution in [3.05, 3.63) is 40.9 Å². The number of anilines is 1. The Bertz CT molecular complexity index is 1030. The van der Waals surface area contributed by atoms with Crippen molar-refractivity contribution in [1.82, 2.24) is 10.3 Å². The van der Waals surface area contributed by atoms with Gasteiger partial charge in [-0.05, 0) is 25.0 Å².